The van der Waals surface area contributed by atoms with E-state index in [2.05, 4.69) is 35.1 Å². The summed E-state index contributed by atoms with van der Waals surface area (Å²) in [4.78, 5) is 21.2. The number of halogens is 1. The van der Waals surface area contributed by atoms with Crippen LogP contribution in [0.25, 0.3) is 0 Å². The minimum Gasteiger partial charge on any atom is -0.370 e. The molecule has 8 nitrogen and oxygen atoms in total. The lowest BCUT2D eigenvalue weighted by atomic mass is 10.3. The van der Waals surface area contributed by atoms with Gasteiger partial charge in [0.2, 0.25) is 11.9 Å². The maximum Gasteiger partial charge on any atom is 0.225 e. The second-order valence-corrected chi connectivity index (χ2v) is 5.98. The number of rotatable bonds is 6. The van der Waals surface area contributed by atoms with E-state index < -0.39 is 0 Å². The Labute approximate surface area is 146 Å². The summed E-state index contributed by atoms with van der Waals surface area (Å²) in [6.45, 7) is 5.79. The van der Waals surface area contributed by atoms with Gasteiger partial charge < -0.3 is 16.0 Å². The van der Waals surface area contributed by atoms with E-state index in [4.69, 9.17) is 17.3 Å². The molecular weight excluding hydrogens is 328 g/mol. The quantitative estimate of drug-likeness (QED) is 0.592. The molecule has 1 aliphatic rings. The van der Waals surface area contributed by atoms with Gasteiger partial charge in [-0.3, -0.25) is 4.90 Å². The summed E-state index contributed by atoms with van der Waals surface area (Å²) in [6.07, 6.45) is 4.59. The molecule has 0 amide bonds. The standard InChI is InChI=1S/C15H21ClN8/c16-12-11-13(22-14(17)21-12)18-5-2-6-23-7-9-24(10-8-23)15-19-3-1-4-20-15/h1,3-4,11H,2,5-10H2,(H3,17,18,21,22). The lowest BCUT2D eigenvalue weighted by Gasteiger charge is -2.34. The Morgan fingerprint density at radius 2 is 1.88 bits per heavy atom. The molecule has 9 heteroatoms. The number of nitrogens with one attached hydrogen (secondary N) is 1. The Kier molecular flexibility index (Phi) is 5.60. The molecule has 0 spiro atoms. The van der Waals surface area contributed by atoms with Gasteiger partial charge >= 0.3 is 0 Å². The van der Waals surface area contributed by atoms with Crippen molar-refractivity contribution in [3.63, 3.8) is 0 Å². The fourth-order valence-electron chi connectivity index (χ4n) is 2.67. The summed E-state index contributed by atoms with van der Waals surface area (Å²) in [5.74, 6) is 1.67. The van der Waals surface area contributed by atoms with Crippen LogP contribution in [0, 0.1) is 0 Å². The van der Waals surface area contributed by atoms with Gasteiger partial charge in [0, 0.05) is 51.2 Å². The largest absolute Gasteiger partial charge is 0.370 e. The van der Waals surface area contributed by atoms with Crippen LogP contribution in [0.4, 0.5) is 17.7 Å². The van der Waals surface area contributed by atoms with E-state index in [-0.39, 0.29) is 5.95 Å². The monoisotopic (exact) mass is 348 g/mol. The highest BCUT2D eigenvalue weighted by Gasteiger charge is 2.18. The van der Waals surface area contributed by atoms with E-state index >= 15 is 0 Å². The second kappa shape index (κ2) is 8.07. The van der Waals surface area contributed by atoms with E-state index in [1.54, 1.807) is 18.5 Å². The first-order valence-corrected chi connectivity index (χ1v) is 8.37. The SMILES string of the molecule is Nc1nc(Cl)cc(NCCCN2CCN(c3ncccn3)CC2)n1. The zero-order valence-electron chi connectivity index (χ0n) is 13.4. The Bertz CT molecular complexity index is 625. The van der Waals surface area contributed by atoms with Crippen LogP contribution in [0.5, 0.6) is 0 Å². The van der Waals surface area contributed by atoms with Gasteiger partial charge in [-0.05, 0) is 19.0 Å². The van der Waals surface area contributed by atoms with Crippen LogP contribution in [-0.2, 0) is 0 Å². The molecule has 24 heavy (non-hydrogen) atoms. The fourth-order valence-corrected chi connectivity index (χ4v) is 2.86. The van der Waals surface area contributed by atoms with E-state index in [1.807, 2.05) is 6.07 Å². The third-order valence-corrected chi connectivity index (χ3v) is 4.07. The molecular formula is C15H21ClN8. The number of aromatic nitrogens is 4. The number of piperazine rings is 1. The molecule has 0 atom stereocenters. The smallest absolute Gasteiger partial charge is 0.225 e. The average molecular weight is 349 g/mol. The molecule has 2 aromatic rings. The summed E-state index contributed by atoms with van der Waals surface area (Å²) in [6, 6.07) is 3.52. The van der Waals surface area contributed by atoms with Crippen molar-refractivity contribution in [2.45, 2.75) is 6.42 Å². The van der Waals surface area contributed by atoms with Gasteiger partial charge in [0.25, 0.3) is 0 Å². The highest BCUT2D eigenvalue weighted by atomic mass is 35.5. The summed E-state index contributed by atoms with van der Waals surface area (Å²) in [7, 11) is 0. The minimum atomic E-state index is 0.184. The predicted molar refractivity (Wildman–Crippen MR) is 95.2 cm³/mol. The summed E-state index contributed by atoms with van der Waals surface area (Å²) < 4.78 is 0. The minimum absolute atomic E-state index is 0.184. The van der Waals surface area contributed by atoms with Crippen molar-refractivity contribution in [2.75, 3.05) is 55.2 Å². The van der Waals surface area contributed by atoms with Crippen molar-refractivity contribution in [1.82, 2.24) is 24.8 Å². The van der Waals surface area contributed by atoms with E-state index in [1.165, 1.54) is 0 Å². The van der Waals surface area contributed by atoms with Crippen molar-refractivity contribution in [2.24, 2.45) is 0 Å². The van der Waals surface area contributed by atoms with Crippen LogP contribution in [0.1, 0.15) is 6.42 Å². The molecule has 1 saturated heterocycles. The Hall–Kier alpha value is -2.19. The van der Waals surface area contributed by atoms with Crippen LogP contribution in [0.3, 0.4) is 0 Å². The Morgan fingerprint density at radius 3 is 2.58 bits per heavy atom. The van der Waals surface area contributed by atoms with Crippen LogP contribution in [0.2, 0.25) is 5.15 Å². The van der Waals surface area contributed by atoms with Crippen molar-refractivity contribution < 1.29 is 0 Å². The first kappa shape index (κ1) is 16.7. The number of hydrogen-bond acceptors (Lipinski definition) is 8. The van der Waals surface area contributed by atoms with Gasteiger partial charge in [-0.2, -0.15) is 4.98 Å². The highest BCUT2D eigenvalue weighted by molar-refractivity contribution is 6.29. The van der Waals surface area contributed by atoms with Crippen LogP contribution < -0.4 is 16.0 Å². The molecule has 1 aliphatic heterocycles. The van der Waals surface area contributed by atoms with E-state index in [0.29, 0.717) is 11.0 Å². The first-order valence-electron chi connectivity index (χ1n) is 7.99. The second-order valence-electron chi connectivity index (χ2n) is 5.59. The molecule has 128 valence electrons. The maximum absolute atomic E-state index is 5.85. The molecule has 0 bridgehead atoms. The zero-order chi connectivity index (χ0) is 16.8. The maximum atomic E-state index is 5.85. The van der Waals surface area contributed by atoms with Gasteiger partial charge in [-0.25, -0.2) is 15.0 Å². The molecule has 1 fully saturated rings. The lowest BCUT2D eigenvalue weighted by Crippen LogP contribution is -2.47. The van der Waals surface area contributed by atoms with E-state index in [9.17, 15) is 0 Å². The van der Waals surface area contributed by atoms with Gasteiger partial charge in [0.05, 0.1) is 0 Å². The first-order chi connectivity index (χ1) is 11.7. The normalized spacial score (nSPS) is 15.5. The average Bonchev–Trinajstić information content (AvgIpc) is 2.59. The molecule has 3 heterocycles. The molecule has 3 rings (SSSR count). The van der Waals surface area contributed by atoms with Gasteiger partial charge in [-0.15, -0.1) is 0 Å². The van der Waals surface area contributed by atoms with E-state index in [0.717, 1.165) is 51.6 Å². The van der Waals surface area contributed by atoms with Crippen molar-refractivity contribution >= 4 is 29.3 Å². The van der Waals surface area contributed by atoms with Crippen molar-refractivity contribution in [3.05, 3.63) is 29.7 Å². The predicted octanol–water partition coefficient (Wildman–Crippen LogP) is 1.13. The number of nitrogen functional groups attached to an aromatic ring is 1. The molecule has 0 radical (unpaired) electrons. The summed E-state index contributed by atoms with van der Waals surface area (Å²) in [5, 5.41) is 3.58. The number of nitrogens with zero attached hydrogens (tertiary/aromatic N) is 6. The number of hydrogen-bond donors (Lipinski definition) is 2. The molecule has 0 aliphatic carbocycles. The highest BCUT2D eigenvalue weighted by Crippen LogP contribution is 2.13. The van der Waals surface area contributed by atoms with Crippen LogP contribution >= 0.6 is 11.6 Å². The van der Waals surface area contributed by atoms with Crippen molar-refractivity contribution in [3.8, 4) is 0 Å². The molecule has 2 aromatic heterocycles. The number of nitrogens with two attached hydrogens (primary N) is 1. The third-order valence-electron chi connectivity index (χ3n) is 3.88. The molecule has 3 N–H and O–H groups in total. The zero-order valence-corrected chi connectivity index (χ0v) is 14.2. The molecule has 0 aromatic carbocycles. The lowest BCUT2D eigenvalue weighted by molar-refractivity contribution is 0.256. The van der Waals surface area contributed by atoms with Gasteiger partial charge in [0.1, 0.15) is 11.0 Å². The molecule has 0 unspecified atom stereocenters. The van der Waals surface area contributed by atoms with Crippen LogP contribution in [-0.4, -0.2) is 64.1 Å². The Balaban J connectivity index is 1.36. The Morgan fingerprint density at radius 1 is 1.12 bits per heavy atom. The number of anilines is 3. The van der Waals surface area contributed by atoms with Gasteiger partial charge in [0.15, 0.2) is 0 Å². The third kappa shape index (κ3) is 4.65. The topological polar surface area (TPSA) is 96.1 Å². The summed E-state index contributed by atoms with van der Waals surface area (Å²) in [5.41, 5.74) is 5.57. The van der Waals surface area contributed by atoms with Crippen molar-refractivity contribution in [1.29, 1.82) is 0 Å². The molecule has 0 saturated carbocycles. The summed E-state index contributed by atoms with van der Waals surface area (Å²) >= 11 is 5.85. The van der Waals surface area contributed by atoms with Gasteiger partial charge in [-0.1, -0.05) is 11.6 Å². The van der Waals surface area contributed by atoms with Crippen LogP contribution in [0.15, 0.2) is 24.5 Å². The fraction of sp³-hybridized carbons (Fsp3) is 0.467.